The molecule has 1 amide bonds. The molecule has 34 heavy (non-hydrogen) atoms. The highest BCUT2D eigenvalue weighted by atomic mass is 35.5. The lowest BCUT2D eigenvalue weighted by Gasteiger charge is -2.20. The Kier molecular flexibility index (Phi) is 5.95. The first kappa shape index (κ1) is 22.0. The van der Waals surface area contributed by atoms with Crippen molar-refractivity contribution < 1.29 is 9.21 Å². The van der Waals surface area contributed by atoms with Crippen LogP contribution in [0, 0.1) is 0 Å². The fourth-order valence-corrected chi connectivity index (χ4v) is 4.44. The van der Waals surface area contributed by atoms with E-state index in [0.29, 0.717) is 33.3 Å². The fraction of sp³-hybridized carbons (Fsp3) is 0.143. The van der Waals surface area contributed by atoms with Gasteiger partial charge in [0.25, 0.3) is 5.91 Å². The van der Waals surface area contributed by atoms with Crippen LogP contribution in [0.1, 0.15) is 24.2 Å². The summed E-state index contributed by atoms with van der Waals surface area (Å²) in [4.78, 5) is 20.0. The summed E-state index contributed by atoms with van der Waals surface area (Å²) in [6, 6.07) is 24.8. The van der Waals surface area contributed by atoms with Crippen LogP contribution in [0.25, 0.3) is 33.3 Å². The van der Waals surface area contributed by atoms with Gasteiger partial charge in [-0.05, 0) is 73.8 Å². The van der Waals surface area contributed by atoms with Crippen molar-refractivity contribution in [2.75, 3.05) is 23.3 Å². The molecular weight excluding hydrogens is 446 g/mol. The minimum absolute atomic E-state index is 0.206. The maximum atomic E-state index is 13.0. The van der Waals surface area contributed by atoms with Crippen molar-refractivity contribution in [3.63, 3.8) is 0 Å². The molecule has 0 radical (unpaired) electrons. The summed E-state index contributed by atoms with van der Waals surface area (Å²) in [7, 11) is 0. The number of oxazole rings is 1. The van der Waals surface area contributed by atoms with E-state index in [-0.39, 0.29) is 5.91 Å². The first-order valence-electron chi connectivity index (χ1n) is 11.3. The molecule has 1 aromatic heterocycles. The molecule has 0 saturated carbocycles. The SMILES string of the molecule is CCN(CC)c1ccc(-c2nc3cc(NC(=O)c4cccc5c(Cl)cccc45)ccc3o2)cc1. The molecule has 1 heterocycles. The van der Waals surface area contributed by atoms with E-state index in [0.717, 1.165) is 29.4 Å². The van der Waals surface area contributed by atoms with Crippen molar-refractivity contribution in [3.05, 3.63) is 89.4 Å². The molecule has 6 heteroatoms. The van der Waals surface area contributed by atoms with Gasteiger partial charge in [-0.15, -0.1) is 0 Å². The fourth-order valence-electron chi connectivity index (χ4n) is 4.20. The topological polar surface area (TPSA) is 58.4 Å². The van der Waals surface area contributed by atoms with E-state index in [1.807, 2.05) is 60.7 Å². The summed E-state index contributed by atoms with van der Waals surface area (Å²) in [6.07, 6.45) is 0. The monoisotopic (exact) mass is 469 g/mol. The highest BCUT2D eigenvalue weighted by Gasteiger charge is 2.14. The molecule has 5 nitrogen and oxygen atoms in total. The summed E-state index contributed by atoms with van der Waals surface area (Å²) in [5.74, 6) is 0.344. The molecule has 0 aliphatic rings. The van der Waals surface area contributed by atoms with Crippen LogP contribution in [0.4, 0.5) is 11.4 Å². The number of nitrogens with zero attached hydrogens (tertiary/aromatic N) is 2. The lowest BCUT2D eigenvalue weighted by atomic mass is 10.0. The minimum Gasteiger partial charge on any atom is -0.436 e. The van der Waals surface area contributed by atoms with E-state index in [1.54, 1.807) is 6.07 Å². The van der Waals surface area contributed by atoms with Crippen molar-refractivity contribution in [3.8, 4) is 11.5 Å². The maximum absolute atomic E-state index is 13.0. The number of hydrogen-bond acceptors (Lipinski definition) is 4. The van der Waals surface area contributed by atoms with E-state index in [4.69, 9.17) is 16.0 Å². The lowest BCUT2D eigenvalue weighted by molar-refractivity contribution is 0.102. The number of fused-ring (bicyclic) bond motifs is 2. The van der Waals surface area contributed by atoms with Gasteiger partial charge < -0.3 is 14.6 Å². The van der Waals surface area contributed by atoms with Gasteiger partial charge in [0.15, 0.2) is 5.58 Å². The summed E-state index contributed by atoms with van der Waals surface area (Å²) < 4.78 is 5.97. The Morgan fingerprint density at radius 2 is 1.68 bits per heavy atom. The van der Waals surface area contributed by atoms with Gasteiger partial charge in [-0.3, -0.25) is 4.79 Å². The number of carbonyl (C=O) groups excluding carboxylic acids is 1. The number of hydrogen-bond donors (Lipinski definition) is 1. The summed E-state index contributed by atoms with van der Waals surface area (Å²) in [5.41, 5.74) is 4.64. The molecule has 0 saturated heterocycles. The van der Waals surface area contributed by atoms with Gasteiger partial charge in [-0.2, -0.15) is 0 Å². The Morgan fingerprint density at radius 3 is 2.44 bits per heavy atom. The third-order valence-corrected chi connectivity index (χ3v) is 6.33. The Hall–Kier alpha value is -3.83. The molecule has 0 aliphatic heterocycles. The van der Waals surface area contributed by atoms with Gasteiger partial charge in [-0.1, -0.05) is 35.9 Å². The number of amides is 1. The number of carbonyl (C=O) groups is 1. The van der Waals surface area contributed by atoms with Crippen LogP contribution in [0.15, 0.2) is 83.3 Å². The largest absolute Gasteiger partial charge is 0.436 e. The molecular formula is C28H24ClN3O2. The van der Waals surface area contributed by atoms with Gasteiger partial charge in [0.2, 0.25) is 5.89 Å². The smallest absolute Gasteiger partial charge is 0.256 e. The van der Waals surface area contributed by atoms with E-state index in [1.165, 1.54) is 5.69 Å². The highest BCUT2D eigenvalue weighted by Crippen LogP contribution is 2.29. The van der Waals surface area contributed by atoms with Crippen LogP contribution in [-0.2, 0) is 0 Å². The van der Waals surface area contributed by atoms with Crippen molar-refractivity contribution in [1.82, 2.24) is 4.98 Å². The number of rotatable bonds is 6. The van der Waals surface area contributed by atoms with Gasteiger partial charge in [0.1, 0.15) is 5.52 Å². The second-order valence-electron chi connectivity index (χ2n) is 8.02. The quantitative estimate of drug-likeness (QED) is 0.281. The molecule has 0 fully saturated rings. The Labute approximate surface area is 203 Å². The average molecular weight is 470 g/mol. The second-order valence-corrected chi connectivity index (χ2v) is 8.42. The number of nitrogens with one attached hydrogen (secondary N) is 1. The standard InChI is InChI=1S/C28H24ClN3O2/c1-3-32(4-2)20-14-11-18(12-15-20)28-31-25-17-19(13-16-26(25)34-28)30-27(33)23-9-5-8-22-21(23)7-6-10-24(22)29/h5-17H,3-4H2,1-2H3,(H,30,33). The molecule has 0 spiro atoms. The van der Waals surface area contributed by atoms with Crippen LogP contribution in [-0.4, -0.2) is 24.0 Å². The van der Waals surface area contributed by atoms with Gasteiger partial charge >= 0.3 is 0 Å². The van der Waals surface area contributed by atoms with E-state index in [9.17, 15) is 4.79 Å². The van der Waals surface area contributed by atoms with Crippen molar-refractivity contribution in [2.45, 2.75) is 13.8 Å². The number of aromatic nitrogens is 1. The Balaban J connectivity index is 1.40. The highest BCUT2D eigenvalue weighted by molar-refractivity contribution is 6.36. The predicted octanol–water partition coefficient (Wildman–Crippen LogP) is 7.40. The van der Waals surface area contributed by atoms with Gasteiger partial charge in [0, 0.05) is 46.0 Å². The molecule has 1 N–H and O–H groups in total. The molecule has 4 aromatic carbocycles. The van der Waals surface area contributed by atoms with Crippen molar-refractivity contribution >= 4 is 50.8 Å². The molecule has 170 valence electrons. The summed E-state index contributed by atoms with van der Waals surface area (Å²) in [6.45, 7) is 6.20. The van der Waals surface area contributed by atoms with Crippen LogP contribution in [0.3, 0.4) is 0 Å². The van der Waals surface area contributed by atoms with E-state index in [2.05, 4.69) is 41.2 Å². The molecule has 5 aromatic rings. The van der Waals surface area contributed by atoms with Crippen LogP contribution in [0.5, 0.6) is 0 Å². The third-order valence-electron chi connectivity index (χ3n) is 6.00. The zero-order valence-electron chi connectivity index (χ0n) is 19.0. The molecule has 0 unspecified atom stereocenters. The third kappa shape index (κ3) is 4.11. The second kappa shape index (κ2) is 9.20. The first-order chi connectivity index (χ1) is 16.6. The molecule has 0 bridgehead atoms. The van der Waals surface area contributed by atoms with Gasteiger partial charge in [-0.25, -0.2) is 4.98 Å². The lowest BCUT2D eigenvalue weighted by Crippen LogP contribution is -2.21. The normalized spacial score (nSPS) is 11.1. The molecule has 0 aliphatic carbocycles. The molecule has 5 rings (SSSR count). The summed E-state index contributed by atoms with van der Waals surface area (Å²) in [5, 5.41) is 5.25. The van der Waals surface area contributed by atoms with Crippen LogP contribution >= 0.6 is 11.6 Å². The van der Waals surface area contributed by atoms with Crippen LogP contribution < -0.4 is 10.2 Å². The van der Waals surface area contributed by atoms with E-state index >= 15 is 0 Å². The predicted molar refractivity (Wildman–Crippen MR) is 140 cm³/mol. The maximum Gasteiger partial charge on any atom is 0.256 e. The molecule has 0 atom stereocenters. The number of anilines is 2. The Bertz CT molecular complexity index is 1490. The zero-order chi connectivity index (χ0) is 23.7. The number of benzene rings is 4. The van der Waals surface area contributed by atoms with Crippen molar-refractivity contribution in [2.24, 2.45) is 0 Å². The van der Waals surface area contributed by atoms with Gasteiger partial charge in [0.05, 0.1) is 0 Å². The summed E-state index contributed by atoms with van der Waals surface area (Å²) >= 11 is 6.30. The minimum atomic E-state index is -0.206. The van der Waals surface area contributed by atoms with E-state index < -0.39 is 0 Å². The Morgan fingerprint density at radius 1 is 0.941 bits per heavy atom. The number of halogens is 1. The van der Waals surface area contributed by atoms with Crippen molar-refractivity contribution in [1.29, 1.82) is 0 Å². The van der Waals surface area contributed by atoms with Crippen LogP contribution in [0.2, 0.25) is 5.02 Å². The first-order valence-corrected chi connectivity index (χ1v) is 11.7. The zero-order valence-corrected chi connectivity index (χ0v) is 19.8. The average Bonchev–Trinajstić information content (AvgIpc) is 3.29.